The molecular formula is C47H55F4N9O6. The summed E-state index contributed by atoms with van der Waals surface area (Å²) in [4.78, 5) is 74.8. The number of imidazole rings is 2. The van der Waals surface area contributed by atoms with Gasteiger partial charge >= 0.3 is 18.4 Å². The van der Waals surface area contributed by atoms with Crippen molar-refractivity contribution in [2.75, 3.05) is 32.1 Å². The number of carbonyl (C=O) groups is 4. The molecule has 0 spiro atoms. The number of H-pyrrole nitrogens is 2. The highest BCUT2D eigenvalue weighted by Crippen LogP contribution is 2.49. The maximum absolute atomic E-state index is 15.4. The van der Waals surface area contributed by atoms with E-state index in [2.05, 4.69) is 15.3 Å². The number of methoxy groups -OCH3 is 1. The van der Waals surface area contributed by atoms with Crippen molar-refractivity contribution in [1.29, 1.82) is 0 Å². The highest BCUT2D eigenvalue weighted by atomic mass is 19.4. The third-order valence-electron chi connectivity index (χ3n) is 13.5. The molecule has 19 heteroatoms. The lowest BCUT2D eigenvalue weighted by atomic mass is 10.0. The number of ether oxygens (including phenoxy) is 1. The molecule has 3 aliphatic rings. The van der Waals surface area contributed by atoms with Crippen LogP contribution < -0.4 is 10.2 Å². The predicted octanol–water partition coefficient (Wildman–Crippen LogP) is 9.02. The predicted molar refractivity (Wildman–Crippen MR) is 237 cm³/mol. The fraction of sp³-hybridized carbons (Fsp3) is 0.489. The molecule has 5 aromatic rings. The number of hydrogen-bond acceptors (Lipinski definition) is 8. The summed E-state index contributed by atoms with van der Waals surface area (Å²) in [6, 6.07) is 11.2. The van der Waals surface area contributed by atoms with Gasteiger partial charge in [0, 0.05) is 25.8 Å². The highest BCUT2D eigenvalue weighted by Gasteiger charge is 2.42. The third kappa shape index (κ3) is 8.70. The molecule has 4 N–H and O–H groups in total. The number of nitrogens with zero attached hydrogens (tertiary/aromatic N) is 6. The van der Waals surface area contributed by atoms with Gasteiger partial charge in [-0.3, -0.25) is 14.5 Å². The summed E-state index contributed by atoms with van der Waals surface area (Å²) in [6.07, 6.45) is -2.91. The summed E-state index contributed by atoms with van der Waals surface area (Å²) in [5.74, 6) is -1.23. The number of nitrogens with one attached hydrogen (secondary N) is 3. The normalized spacial score (nSPS) is 21.1. The molecular weight excluding hydrogens is 863 g/mol. The number of amides is 4. The van der Waals surface area contributed by atoms with Crippen molar-refractivity contribution in [1.82, 2.24) is 40.0 Å². The number of rotatable bonds is 11. The van der Waals surface area contributed by atoms with Crippen LogP contribution in [-0.2, 0) is 20.5 Å². The fourth-order valence-corrected chi connectivity index (χ4v) is 10.2. The summed E-state index contributed by atoms with van der Waals surface area (Å²) in [5.41, 5.74) is 3.21. The van der Waals surface area contributed by atoms with Gasteiger partial charge in [-0.1, -0.05) is 39.8 Å². The number of alkyl halides is 3. The SMILES string of the molecule is COC(=O)N[C@H](C(=O)N1CCC[C@H]1c1nc2cc([C@H]3CC[C@H](c4ccc5nc([C@@H]6CCCN6C(=O)[C@H](C(C)C)N(C)C(=O)O)[nH]c5c4)N3c3ccc(C(F)(F)F)c(F)c3)ccc2[nH]1)C(C)C. The molecule has 0 unspecified atom stereocenters. The van der Waals surface area contributed by atoms with Gasteiger partial charge in [-0.15, -0.1) is 0 Å². The van der Waals surface area contributed by atoms with Crippen LogP contribution in [0.25, 0.3) is 22.1 Å². The Morgan fingerprint density at radius 2 is 1.36 bits per heavy atom. The van der Waals surface area contributed by atoms with Gasteiger partial charge in [0.2, 0.25) is 11.8 Å². The van der Waals surface area contributed by atoms with E-state index in [-0.39, 0.29) is 35.4 Å². The molecule has 3 aliphatic heterocycles. The molecule has 3 aromatic carbocycles. The third-order valence-corrected chi connectivity index (χ3v) is 13.5. The van der Waals surface area contributed by atoms with Crippen LogP contribution in [0.2, 0.25) is 0 Å². The minimum absolute atomic E-state index is 0.204. The first-order valence-electron chi connectivity index (χ1n) is 22.4. The number of halogens is 4. The number of hydrogen-bond donors (Lipinski definition) is 4. The average molecular weight is 918 g/mol. The number of carbonyl (C=O) groups excluding carboxylic acids is 3. The molecule has 3 fully saturated rings. The Morgan fingerprint density at radius 1 is 0.773 bits per heavy atom. The summed E-state index contributed by atoms with van der Waals surface area (Å²) >= 11 is 0. The Hall–Kier alpha value is -6.40. The molecule has 0 aliphatic carbocycles. The summed E-state index contributed by atoms with van der Waals surface area (Å²) in [7, 11) is 2.64. The van der Waals surface area contributed by atoms with Crippen molar-refractivity contribution >= 4 is 51.8 Å². The van der Waals surface area contributed by atoms with Crippen molar-refractivity contribution in [2.24, 2.45) is 11.8 Å². The molecule has 15 nitrogen and oxygen atoms in total. The Balaban J connectivity index is 1.11. The lowest BCUT2D eigenvalue weighted by Gasteiger charge is -2.33. The number of likely N-dealkylation sites (N-methyl/N-ethyl adjacent to an activating group) is 1. The van der Waals surface area contributed by atoms with Crippen LogP contribution in [0.5, 0.6) is 0 Å². The quantitative estimate of drug-likeness (QED) is 0.0941. The van der Waals surface area contributed by atoms with Gasteiger partial charge in [0.1, 0.15) is 29.5 Å². The smallest absolute Gasteiger partial charge is 0.419 e. The monoisotopic (exact) mass is 917 g/mol. The zero-order chi connectivity index (χ0) is 47.4. The van der Waals surface area contributed by atoms with Crippen LogP contribution in [-0.4, -0.2) is 103 Å². The number of likely N-dealkylation sites (tertiary alicyclic amines) is 2. The van der Waals surface area contributed by atoms with Crippen molar-refractivity contribution < 1.29 is 46.6 Å². The molecule has 5 heterocycles. The summed E-state index contributed by atoms with van der Waals surface area (Å²) in [5, 5.41) is 12.4. The maximum Gasteiger partial charge on any atom is 0.419 e. The van der Waals surface area contributed by atoms with Gasteiger partial charge in [-0.05, 0) is 104 Å². The molecule has 352 valence electrons. The zero-order valence-electron chi connectivity index (χ0n) is 37.7. The van der Waals surface area contributed by atoms with Gasteiger partial charge < -0.3 is 39.8 Å². The van der Waals surface area contributed by atoms with E-state index >= 15 is 4.39 Å². The Labute approximate surface area is 378 Å². The second-order valence-corrected chi connectivity index (χ2v) is 18.3. The number of aromatic amines is 2. The van der Waals surface area contributed by atoms with Crippen molar-refractivity contribution in [3.8, 4) is 0 Å². The van der Waals surface area contributed by atoms with E-state index in [4.69, 9.17) is 14.7 Å². The van der Waals surface area contributed by atoms with E-state index in [1.54, 1.807) is 9.80 Å². The first-order chi connectivity index (χ1) is 31.4. The van der Waals surface area contributed by atoms with Gasteiger partial charge in [0.25, 0.3) is 0 Å². The van der Waals surface area contributed by atoms with Crippen LogP contribution in [0.3, 0.4) is 0 Å². The molecule has 2 aromatic heterocycles. The van der Waals surface area contributed by atoms with E-state index in [1.807, 2.05) is 69.0 Å². The van der Waals surface area contributed by atoms with Crippen LogP contribution in [0.15, 0.2) is 54.6 Å². The summed E-state index contributed by atoms with van der Waals surface area (Å²) < 4.78 is 61.7. The van der Waals surface area contributed by atoms with Crippen LogP contribution in [0.4, 0.5) is 32.8 Å². The van der Waals surface area contributed by atoms with E-state index < -0.39 is 60.0 Å². The van der Waals surface area contributed by atoms with E-state index in [9.17, 15) is 37.5 Å². The topological polar surface area (TPSA) is 180 Å². The fourth-order valence-electron chi connectivity index (χ4n) is 10.2. The molecule has 6 atom stereocenters. The molecule has 4 amide bonds. The van der Waals surface area contributed by atoms with Crippen molar-refractivity contribution in [2.45, 2.75) is 109 Å². The minimum Gasteiger partial charge on any atom is -0.465 e. The standard InChI is InChI=1S/C47H55F4N9O6/c1-24(2)39(56-45(63)66-6)43(61)58-19-7-9-37(58)41-52-31-15-11-26(21-33(31)54-41)35-17-18-36(60(35)28-13-14-29(30(48)23-28)47(49,50)51)27-12-16-32-34(22-27)55-42(53-32)38-10-8-20-59(38)44(62)40(25(3)4)57(5)46(64)65/h11-16,21-25,35-40H,7-10,17-20H2,1-6H3,(H,52,54)(H,53,55)(H,56,63)(H,64,65)/t35-,36-,37+,38+,39+,40+/m1/s1. The van der Waals surface area contributed by atoms with E-state index in [0.717, 1.165) is 40.1 Å². The molecule has 8 rings (SSSR count). The minimum atomic E-state index is -4.88. The van der Waals surface area contributed by atoms with E-state index in [0.29, 0.717) is 73.4 Å². The van der Waals surface area contributed by atoms with Crippen molar-refractivity contribution in [3.63, 3.8) is 0 Å². The number of anilines is 1. The maximum atomic E-state index is 15.4. The number of fused-ring (bicyclic) bond motifs is 2. The highest BCUT2D eigenvalue weighted by molar-refractivity contribution is 5.87. The van der Waals surface area contributed by atoms with E-state index in [1.165, 1.54) is 20.2 Å². The Kier molecular flexibility index (Phi) is 12.7. The van der Waals surface area contributed by atoms with Gasteiger partial charge in [0.05, 0.1) is 58.9 Å². The van der Waals surface area contributed by atoms with Crippen molar-refractivity contribution in [3.05, 3.63) is 88.8 Å². The number of alkyl carbamates (subject to hydrolysis) is 1. The molecule has 0 bridgehead atoms. The Bertz CT molecular complexity index is 2650. The lowest BCUT2D eigenvalue weighted by Crippen LogP contribution is -2.51. The second-order valence-electron chi connectivity index (χ2n) is 18.3. The van der Waals surface area contributed by atoms with Gasteiger partial charge in [-0.25, -0.2) is 23.9 Å². The zero-order valence-corrected chi connectivity index (χ0v) is 37.7. The van der Waals surface area contributed by atoms with Gasteiger partial charge in [-0.2, -0.15) is 13.2 Å². The lowest BCUT2D eigenvalue weighted by molar-refractivity contribution is -0.140. The van der Waals surface area contributed by atoms with Crippen LogP contribution in [0.1, 0.15) is 119 Å². The average Bonchev–Trinajstić information content (AvgIpc) is 4.12. The summed E-state index contributed by atoms with van der Waals surface area (Å²) in [6.45, 7) is 8.24. The number of carboxylic acid groups (broad SMARTS) is 1. The van der Waals surface area contributed by atoms with Gasteiger partial charge in [0.15, 0.2) is 0 Å². The molecule has 0 saturated carbocycles. The first-order valence-corrected chi connectivity index (χ1v) is 22.4. The molecule has 3 saturated heterocycles. The second kappa shape index (κ2) is 18.1. The van der Waals surface area contributed by atoms with Crippen LogP contribution >= 0.6 is 0 Å². The molecule has 66 heavy (non-hydrogen) atoms. The number of aromatic nitrogens is 4. The Morgan fingerprint density at radius 3 is 1.94 bits per heavy atom. The number of benzene rings is 3. The largest absolute Gasteiger partial charge is 0.465 e. The first kappa shape index (κ1) is 46.1. The van der Waals surface area contributed by atoms with Crippen LogP contribution in [0, 0.1) is 17.7 Å². The molecule has 0 radical (unpaired) electrons.